The molecule has 1 heterocycles. The van der Waals surface area contributed by atoms with Gasteiger partial charge in [-0.1, -0.05) is 0 Å². The number of nitrogens with one attached hydrogen (secondary N) is 2. The van der Waals surface area contributed by atoms with Crippen LogP contribution in [0.2, 0.25) is 0 Å². The number of benzene rings is 1. The number of nitrogens with two attached hydrogens (primary N) is 1. The van der Waals surface area contributed by atoms with Gasteiger partial charge in [-0.15, -0.1) is 0 Å². The molecular weight excluding hydrogens is 370 g/mol. The molecule has 0 unspecified atom stereocenters. The minimum absolute atomic E-state index is 0.191. The fourth-order valence-electron chi connectivity index (χ4n) is 2.29. The van der Waals surface area contributed by atoms with Crippen LogP contribution in [0.15, 0.2) is 30.3 Å². The molecule has 0 spiro atoms. The fourth-order valence-corrected chi connectivity index (χ4v) is 2.97. The quantitative estimate of drug-likeness (QED) is 0.577. The maximum atomic E-state index is 11.8. The molecule has 0 saturated carbocycles. The first-order valence-corrected chi connectivity index (χ1v) is 10.3. The van der Waals surface area contributed by atoms with Crippen LogP contribution in [0.3, 0.4) is 0 Å². The first-order valence-electron chi connectivity index (χ1n) is 8.22. The summed E-state index contributed by atoms with van der Waals surface area (Å²) in [6.07, 6.45) is 1.86. The smallest absolute Gasteiger partial charge is 0.319 e. The third-order valence-corrected chi connectivity index (χ3v) is 4.24. The van der Waals surface area contributed by atoms with Crippen molar-refractivity contribution in [3.8, 4) is 11.4 Å². The van der Waals surface area contributed by atoms with Crippen LogP contribution in [0.1, 0.15) is 12.1 Å². The van der Waals surface area contributed by atoms with Crippen molar-refractivity contribution >= 4 is 27.4 Å². The van der Waals surface area contributed by atoms with Crippen LogP contribution in [-0.4, -0.2) is 50.9 Å². The largest absolute Gasteiger partial charge is 0.385 e. The summed E-state index contributed by atoms with van der Waals surface area (Å²) >= 11 is 0. The number of amides is 2. The maximum absolute atomic E-state index is 11.8. The molecule has 0 aliphatic carbocycles. The van der Waals surface area contributed by atoms with Gasteiger partial charge in [0.05, 0.1) is 11.4 Å². The molecule has 1 aromatic heterocycles. The Morgan fingerprint density at radius 3 is 2.56 bits per heavy atom. The van der Waals surface area contributed by atoms with Crippen LogP contribution in [0.25, 0.3) is 11.4 Å². The summed E-state index contributed by atoms with van der Waals surface area (Å²) in [7, 11) is -1.63. The van der Waals surface area contributed by atoms with Gasteiger partial charge >= 0.3 is 6.03 Å². The van der Waals surface area contributed by atoms with E-state index >= 15 is 0 Å². The first-order chi connectivity index (χ1) is 12.8. The highest BCUT2D eigenvalue weighted by Gasteiger charge is 2.11. The molecule has 0 radical (unpaired) electrons. The number of rotatable bonds is 8. The average molecular weight is 393 g/mol. The number of carbonyl (C=O) groups is 1. The Hall–Kier alpha value is -2.72. The fraction of sp³-hybridized carbons (Fsp3) is 0.353. The standard InChI is InChI=1S/C17H23N5O4S/c1-26-9-3-8-19-17(23)21-13-6-4-12(5-7-13)16-20-14(10-15(18)22-16)11-27(2,24)25/h4-7,10H,3,8-9,11H2,1-2H3,(H2,18,20,22)(H2,19,21,23). The number of aromatic nitrogens is 2. The van der Waals surface area contributed by atoms with E-state index in [1.807, 2.05) is 0 Å². The Bertz CT molecular complexity index is 885. The predicted octanol–water partition coefficient (Wildman–Crippen LogP) is 1.43. The number of hydrogen-bond acceptors (Lipinski definition) is 7. The number of nitrogen functional groups attached to an aromatic ring is 1. The Morgan fingerprint density at radius 2 is 1.93 bits per heavy atom. The van der Waals surface area contributed by atoms with Crippen molar-refractivity contribution < 1.29 is 17.9 Å². The highest BCUT2D eigenvalue weighted by atomic mass is 32.2. The molecule has 0 saturated heterocycles. The van der Waals surface area contributed by atoms with Gasteiger partial charge in [-0.25, -0.2) is 23.2 Å². The SMILES string of the molecule is COCCCNC(=O)Nc1ccc(-c2nc(N)cc(CS(C)(=O)=O)n2)cc1. The van der Waals surface area contributed by atoms with Crippen molar-refractivity contribution in [1.29, 1.82) is 0 Å². The summed E-state index contributed by atoms with van der Waals surface area (Å²) in [6.45, 7) is 1.09. The minimum atomic E-state index is -3.23. The van der Waals surface area contributed by atoms with Crippen LogP contribution in [0.5, 0.6) is 0 Å². The Labute approximate surface area is 158 Å². The molecule has 1 aromatic carbocycles. The van der Waals surface area contributed by atoms with Crippen molar-refractivity contribution in [2.45, 2.75) is 12.2 Å². The minimum Gasteiger partial charge on any atom is -0.385 e. The van der Waals surface area contributed by atoms with Crippen LogP contribution in [0, 0.1) is 0 Å². The number of methoxy groups -OCH3 is 1. The molecule has 0 aliphatic heterocycles. The maximum Gasteiger partial charge on any atom is 0.319 e. The van der Waals surface area contributed by atoms with Gasteiger partial charge in [0.1, 0.15) is 5.82 Å². The second-order valence-electron chi connectivity index (χ2n) is 5.98. The third-order valence-electron chi connectivity index (χ3n) is 3.42. The van der Waals surface area contributed by atoms with Crippen molar-refractivity contribution in [3.05, 3.63) is 36.0 Å². The number of anilines is 2. The average Bonchev–Trinajstić information content (AvgIpc) is 2.57. The molecule has 4 N–H and O–H groups in total. The summed E-state index contributed by atoms with van der Waals surface area (Å²) in [6, 6.07) is 7.97. The van der Waals surface area contributed by atoms with Gasteiger partial charge in [-0.3, -0.25) is 0 Å². The van der Waals surface area contributed by atoms with E-state index in [-0.39, 0.29) is 17.6 Å². The number of sulfone groups is 1. The third kappa shape index (κ3) is 7.19. The van der Waals surface area contributed by atoms with E-state index in [0.717, 1.165) is 12.7 Å². The summed E-state index contributed by atoms with van der Waals surface area (Å²) in [5.41, 5.74) is 7.35. The van der Waals surface area contributed by atoms with E-state index in [4.69, 9.17) is 10.5 Å². The first kappa shape index (κ1) is 20.6. The topological polar surface area (TPSA) is 136 Å². The number of ether oxygens (including phenoxy) is 1. The molecular formula is C17H23N5O4S. The van der Waals surface area contributed by atoms with E-state index in [0.29, 0.717) is 35.9 Å². The number of carbonyl (C=O) groups excluding carboxylic acids is 1. The zero-order valence-corrected chi connectivity index (χ0v) is 16.0. The molecule has 2 aromatic rings. The summed E-state index contributed by atoms with van der Waals surface area (Å²) in [5.74, 6) is 0.302. The van der Waals surface area contributed by atoms with Gasteiger partial charge in [0.2, 0.25) is 0 Å². The number of hydrogen-bond donors (Lipinski definition) is 3. The molecule has 146 valence electrons. The molecule has 0 fully saturated rings. The van der Waals surface area contributed by atoms with E-state index in [1.54, 1.807) is 31.4 Å². The van der Waals surface area contributed by atoms with Gasteiger partial charge in [-0.05, 0) is 30.7 Å². The predicted molar refractivity (Wildman–Crippen MR) is 104 cm³/mol. The molecule has 0 atom stereocenters. The monoisotopic (exact) mass is 393 g/mol. The van der Waals surface area contributed by atoms with Gasteiger partial charge in [0, 0.05) is 43.8 Å². The van der Waals surface area contributed by atoms with E-state index in [1.165, 1.54) is 6.07 Å². The summed E-state index contributed by atoms with van der Waals surface area (Å²) in [4.78, 5) is 20.2. The lowest BCUT2D eigenvalue weighted by Crippen LogP contribution is -2.29. The second kappa shape index (κ2) is 9.28. The lowest BCUT2D eigenvalue weighted by Gasteiger charge is -2.09. The van der Waals surface area contributed by atoms with Crippen LogP contribution in [0.4, 0.5) is 16.3 Å². The van der Waals surface area contributed by atoms with Crippen molar-refractivity contribution in [3.63, 3.8) is 0 Å². The van der Waals surface area contributed by atoms with Gasteiger partial charge in [-0.2, -0.15) is 0 Å². The Balaban J connectivity index is 2.05. The highest BCUT2D eigenvalue weighted by molar-refractivity contribution is 7.89. The summed E-state index contributed by atoms with van der Waals surface area (Å²) in [5, 5.41) is 5.44. The van der Waals surface area contributed by atoms with Gasteiger partial charge in [0.25, 0.3) is 0 Å². The lowest BCUT2D eigenvalue weighted by molar-refractivity contribution is 0.194. The second-order valence-corrected chi connectivity index (χ2v) is 8.12. The zero-order valence-electron chi connectivity index (χ0n) is 15.2. The number of urea groups is 1. The molecule has 9 nitrogen and oxygen atoms in total. The Kier molecular flexibility index (Phi) is 7.08. The molecule has 10 heteroatoms. The van der Waals surface area contributed by atoms with E-state index < -0.39 is 9.84 Å². The lowest BCUT2D eigenvalue weighted by atomic mass is 10.2. The van der Waals surface area contributed by atoms with Crippen LogP contribution >= 0.6 is 0 Å². The highest BCUT2D eigenvalue weighted by Crippen LogP contribution is 2.20. The van der Waals surface area contributed by atoms with Crippen molar-refractivity contribution in [1.82, 2.24) is 15.3 Å². The molecule has 2 rings (SSSR count). The van der Waals surface area contributed by atoms with Gasteiger partial charge in [0.15, 0.2) is 15.7 Å². The molecule has 0 aliphatic rings. The Morgan fingerprint density at radius 1 is 1.22 bits per heavy atom. The van der Waals surface area contributed by atoms with Gasteiger partial charge < -0.3 is 21.1 Å². The molecule has 27 heavy (non-hydrogen) atoms. The van der Waals surface area contributed by atoms with Crippen molar-refractivity contribution in [2.75, 3.05) is 37.6 Å². The summed E-state index contributed by atoms with van der Waals surface area (Å²) < 4.78 is 27.8. The molecule has 2 amide bonds. The zero-order chi connectivity index (χ0) is 19.9. The van der Waals surface area contributed by atoms with Crippen molar-refractivity contribution in [2.24, 2.45) is 0 Å². The van der Waals surface area contributed by atoms with E-state index in [2.05, 4.69) is 20.6 Å². The van der Waals surface area contributed by atoms with Crippen LogP contribution < -0.4 is 16.4 Å². The van der Waals surface area contributed by atoms with Crippen LogP contribution in [-0.2, 0) is 20.3 Å². The van der Waals surface area contributed by atoms with E-state index in [9.17, 15) is 13.2 Å². The number of nitrogens with zero attached hydrogens (tertiary/aromatic N) is 2. The normalized spacial score (nSPS) is 11.2. The molecule has 0 bridgehead atoms.